The highest BCUT2D eigenvalue weighted by atomic mass is 16.6. The van der Waals surface area contributed by atoms with Crippen molar-refractivity contribution in [2.45, 2.75) is 25.7 Å². The highest BCUT2D eigenvalue weighted by Crippen LogP contribution is 2.32. The molecule has 0 amide bonds. The van der Waals surface area contributed by atoms with E-state index in [1.165, 1.54) is 0 Å². The van der Waals surface area contributed by atoms with Gasteiger partial charge in [0.2, 0.25) is 0 Å². The van der Waals surface area contributed by atoms with Gasteiger partial charge in [0.1, 0.15) is 13.2 Å². The lowest BCUT2D eigenvalue weighted by Crippen LogP contribution is -2.36. The molecule has 2 atom stereocenters. The van der Waals surface area contributed by atoms with Gasteiger partial charge in [-0.05, 0) is 26.9 Å². The van der Waals surface area contributed by atoms with Crippen LogP contribution in [0, 0.1) is 11.8 Å². The molecule has 0 radical (unpaired) electrons. The van der Waals surface area contributed by atoms with Crippen LogP contribution in [0.15, 0.2) is 0 Å². The maximum absolute atomic E-state index is 12.2. The van der Waals surface area contributed by atoms with Gasteiger partial charge in [0, 0.05) is 13.7 Å². The lowest BCUT2D eigenvalue weighted by molar-refractivity contribution is -0.163. The number of nitrogens with zero attached hydrogens (tertiary/aromatic N) is 1. The average molecular weight is 301 g/mol. The molecule has 2 unspecified atom stereocenters. The van der Waals surface area contributed by atoms with Crippen molar-refractivity contribution in [2.24, 2.45) is 11.8 Å². The normalized spacial score (nSPS) is 22.1. The van der Waals surface area contributed by atoms with E-state index in [-0.39, 0.29) is 30.4 Å². The second-order valence-electron chi connectivity index (χ2n) is 5.63. The van der Waals surface area contributed by atoms with Crippen molar-refractivity contribution < 1.29 is 23.8 Å². The van der Waals surface area contributed by atoms with Crippen molar-refractivity contribution >= 4 is 11.9 Å². The maximum Gasteiger partial charge on any atom is 0.309 e. The van der Waals surface area contributed by atoms with Gasteiger partial charge in [-0.3, -0.25) is 9.59 Å². The molecule has 0 aromatic carbocycles. The standard InChI is InChI=1S/C15H27NO5/c1-16(2)8-9-20-14(17)12-6-4-5-7-13(12)15(18)21-11-10-19-3/h12-13H,4-11H2,1-3H3. The second-order valence-corrected chi connectivity index (χ2v) is 5.63. The Hall–Kier alpha value is -1.14. The first kappa shape index (κ1) is 17.9. The van der Waals surface area contributed by atoms with Gasteiger partial charge in [0.25, 0.3) is 0 Å². The highest BCUT2D eigenvalue weighted by molar-refractivity contribution is 5.82. The predicted octanol–water partition coefficient (Wildman–Crippen LogP) is 1.09. The molecule has 0 N–H and O–H groups in total. The number of methoxy groups -OCH3 is 1. The van der Waals surface area contributed by atoms with Gasteiger partial charge >= 0.3 is 11.9 Å². The summed E-state index contributed by atoms with van der Waals surface area (Å²) >= 11 is 0. The molecule has 0 aromatic rings. The second kappa shape index (κ2) is 9.73. The number of hydrogen-bond donors (Lipinski definition) is 0. The Labute approximate surface area is 126 Å². The summed E-state index contributed by atoms with van der Waals surface area (Å²) in [4.78, 5) is 26.2. The van der Waals surface area contributed by atoms with Crippen LogP contribution >= 0.6 is 0 Å². The minimum absolute atomic E-state index is 0.230. The molecular weight excluding hydrogens is 274 g/mol. The van der Waals surface area contributed by atoms with E-state index in [9.17, 15) is 9.59 Å². The van der Waals surface area contributed by atoms with E-state index in [1.54, 1.807) is 7.11 Å². The van der Waals surface area contributed by atoms with Crippen LogP contribution in [0.25, 0.3) is 0 Å². The van der Waals surface area contributed by atoms with Crippen LogP contribution in [0.5, 0.6) is 0 Å². The van der Waals surface area contributed by atoms with Gasteiger partial charge < -0.3 is 19.1 Å². The molecule has 1 fully saturated rings. The Kier molecular flexibility index (Phi) is 8.30. The molecule has 1 aliphatic carbocycles. The zero-order chi connectivity index (χ0) is 15.7. The molecule has 1 saturated carbocycles. The summed E-state index contributed by atoms with van der Waals surface area (Å²) in [6.45, 7) is 1.64. The fourth-order valence-electron chi connectivity index (χ4n) is 2.46. The van der Waals surface area contributed by atoms with Crippen LogP contribution in [0.3, 0.4) is 0 Å². The Morgan fingerprint density at radius 3 is 1.95 bits per heavy atom. The lowest BCUT2D eigenvalue weighted by atomic mass is 9.79. The summed E-state index contributed by atoms with van der Waals surface area (Å²) in [5.74, 6) is -1.31. The molecule has 0 saturated heterocycles. The fraction of sp³-hybridized carbons (Fsp3) is 0.867. The summed E-state index contributed by atoms with van der Waals surface area (Å²) in [5, 5.41) is 0. The maximum atomic E-state index is 12.2. The fourth-order valence-corrected chi connectivity index (χ4v) is 2.46. The number of carbonyl (C=O) groups is 2. The summed E-state index contributed by atoms with van der Waals surface area (Å²) in [7, 11) is 5.40. The zero-order valence-corrected chi connectivity index (χ0v) is 13.3. The first-order valence-corrected chi connectivity index (χ1v) is 7.53. The van der Waals surface area contributed by atoms with Crippen LogP contribution in [-0.2, 0) is 23.8 Å². The average Bonchev–Trinajstić information content (AvgIpc) is 2.47. The van der Waals surface area contributed by atoms with Gasteiger partial charge in [-0.25, -0.2) is 0 Å². The molecule has 21 heavy (non-hydrogen) atoms. The monoisotopic (exact) mass is 301 g/mol. The molecule has 0 bridgehead atoms. The van der Waals surface area contributed by atoms with Crippen molar-refractivity contribution in [2.75, 3.05) is 47.6 Å². The number of ether oxygens (including phenoxy) is 3. The Balaban J connectivity index is 2.47. The molecule has 0 aliphatic heterocycles. The van der Waals surface area contributed by atoms with Crippen LogP contribution in [0.4, 0.5) is 0 Å². The van der Waals surface area contributed by atoms with Crippen LogP contribution < -0.4 is 0 Å². The van der Waals surface area contributed by atoms with Crippen molar-refractivity contribution in [3.63, 3.8) is 0 Å². The molecule has 0 heterocycles. The third-order valence-electron chi connectivity index (χ3n) is 3.69. The number of carbonyl (C=O) groups excluding carboxylic acids is 2. The third kappa shape index (κ3) is 6.44. The molecule has 122 valence electrons. The topological polar surface area (TPSA) is 65.1 Å². The first-order valence-electron chi connectivity index (χ1n) is 7.53. The summed E-state index contributed by atoms with van der Waals surface area (Å²) in [5.41, 5.74) is 0. The smallest absolute Gasteiger partial charge is 0.309 e. The molecule has 6 nitrogen and oxygen atoms in total. The van der Waals surface area contributed by atoms with Crippen LogP contribution in [0.1, 0.15) is 25.7 Å². The van der Waals surface area contributed by atoms with E-state index in [0.29, 0.717) is 32.6 Å². The molecule has 0 aromatic heterocycles. The molecular formula is C15H27NO5. The van der Waals surface area contributed by atoms with E-state index >= 15 is 0 Å². The SMILES string of the molecule is COCCOC(=O)C1CCCCC1C(=O)OCCN(C)C. The minimum atomic E-state index is -0.373. The lowest BCUT2D eigenvalue weighted by Gasteiger charge is -2.28. The van der Waals surface area contributed by atoms with Gasteiger partial charge in [0.05, 0.1) is 18.4 Å². The number of rotatable bonds is 8. The summed E-state index contributed by atoms with van der Waals surface area (Å²) in [6.07, 6.45) is 3.30. The highest BCUT2D eigenvalue weighted by Gasteiger charge is 2.37. The van der Waals surface area contributed by atoms with E-state index in [1.807, 2.05) is 19.0 Å². The van der Waals surface area contributed by atoms with E-state index in [4.69, 9.17) is 14.2 Å². The first-order chi connectivity index (χ1) is 10.1. The predicted molar refractivity (Wildman–Crippen MR) is 77.8 cm³/mol. The van der Waals surface area contributed by atoms with E-state index in [2.05, 4.69) is 0 Å². The number of esters is 2. The summed E-state index contributed by atoms with van der Waals surface area (Å²) < 4.78 is 15.3. The minimum Gasteiger partial charge on any atom is -0.464 e. The van der Waals surface area contributed by atoms with Crippen LogP contribution in [-0.4, -0.2) is 64.4 Å². The van der Waals surface area contributed by atoms with Crippen molar-refractivity contribution in [3.8, 4) is 0 Å². The van der Waals surface area contributed by atoms with Gasteiger partial charge in [-0.15, -0.1) is 0 Å². The van der Waals surface area contributed by atoms with Crippen molar-refractivity contribution in [3.05, 3.63) is 0 Å². The van der Waals surface area contributed by atoms with Gasteiger partial charge in [-0.2, -0.15) is 0 Å². The van der Waals surface area contributed by atoms with Crippen molar-refractivity contribution in [1.29, 1.82) is 0 Å². The Morgan fingerprint density at radius 1 is 0.952 bits per heavy atom. The number of hydrogen-bond acceptors (Lipinski definition) is 6. The Morgan fingerprint density at radius 2 is 1.48 bits per heavy atom. The number of likely N-dealkylation sites (N-methyl/N-ethyl adjacent to an activating group) is 1. The molecule has 1 rings (SSSR count). The quantitative estimate of drug-likeness (QED) is 0.494. The largest absolute Gasteiger partial charge is 0.464 e. The van der Waals surface area contributed by atoms with Gasteiger partial charge in [0.15, 0.2) is 0 Å². The zero-order valence-electron chi connectivity index (χ0n) is 13.3. The molecule has 0 spiro atoms. The third-order valence-corrected chi connectivity index (χ3v) is 3.69. The van der Waals surface area contributed by atoms with Crippen LogP contribution in [0.2, 0.25) is 0 Å². The van der Waals surface area contributed by atoms with E-state index in [0.717, 1.165) is 12.8 Å². The molecule has 6 heteroatoms. The Bertz CT molecular complexity index is 332. The van der Waals surface area contributed by atoms with Gasteiger partial charge in [-0.1, -0.05) is 12.8 Å². The summed E-state index contributed by atoms with van der Waals surface area (Å²) in [6, 6.07) is 0. The van der Waals surface area contributed by atoms with E-state index < -0.39 is 0 Å². The molecule has 1 aliphatic rings. The van der Waals surface area contributed by atoms with Crippen molar-refractivity contribution in [1.82, 2.24) is 4.90 Å².